The zero-order chi connectivity index (χ0) is 14.7. The van der Waals surface area contributed by atoms with Gasteiger partial charge in [0.25, 0.3) is 0 Å². The van der Waals surface area contributed by atoms with Crippen molar-refractivity contribution in [2.45, 2.75) is 39.2 Å². The molecule has 1 aromatic rings. The molecule has 114 valence electrons. The van der Waals surface area contributed by atoms with Gasteiger partial charge >= 0.3 is 0 Å². The van der Waals surface area contributed by atoms with E-state index in [2.05, 4.69) is 36.1 Å². The van der Waals surface area contributed by atoms with Gasteiger partial charge in [0.05, 0.1) is 19.0 Å². The van der Waals surface area contributed by atoms with Crippen LogP contribution in [0.3, 0.4) is 0 Å². The van der Waals surface area contributed by atoms with E-state index in [4.69, 9.17) is 0 Å². The van der Waals surface area contributed by atoms with E-state index in [9.17, 15) is 4.79 Å². The lowest BCUT2D eigenvalue weighted by atomic mass is 9.95. The molecule has 2 aliphatic rings. The van der Waals surface area contributed by atoms with Crippen LogP contribution in [0.25, 0.3) is 0 Å². The minimum absolute atomic E-state index is 0.260. The summed E-state index contributed by atoms with van der Waals surface area (Å²) in [5, 5.41) is 0. The Balaban J connectivity index is 1.60. The molecule has 2 heterocycles. The molecule has 1 aromatic carbocycles. The summed E-state index contributed by atoms with van der Waals surface area (Å²) in [5.74, 6) is 0.686. The van der Waals surface area contributed by atoms with Crippen molar-refractivity contribution >= 4 is 5.91 Å². The second-order valence-corrected chi connectivity index (χ2v) is 6.68. The first-order valence-electron chi connectivity index (χ1n) is 8.41. The molecule has 3 heteroatoms. The van der Waals surface area contributed by atoms with E-state index in [0.29, 0.717) is 5.91 Å². The Labute approximate surface area is 127 Å². The van der Waals surface area contributed by atoms with Crippen molar-refractivity contribution in [1.29, 1.82) is 0 Å². The normalized spacial score (nSPS) is 26.0. The highest BCUT2D eigenvalue weighted by Crippen LogP contribution is 2.16. The van der Waals surface area contributed by atoms with Gasteiger partial charge < -0.3 is 9.80 Å². The average molecular weight is 287 g/mol. The highest BCUT2D eigenvalue weighted by atomic mass is 16.2. The molecule has 2 aliphatic heterocycles. The van der Waals surface area contributed by atoms with Crippen LogP contribution in [0.4, 0.5) is 0 Å². The number of quaternary nitrogens is 1. The van der Waals surface area contributed by atoms with E-state index >= 15 is 0 Å². The predicted molar refractivity (Wildman–Crippen MR) is 84.1 cm³/mol. The number of nitrogens with zero attached hydrogens (tertiary/aromatic N) is 1. The Hall–Kier alpha value is -1.35. The molecule has 2 fully saturated rings. The van der Waals surface area contributed by atoms with Crippen molar-refractivity contribution < 1.29 is 9.69 Å². The van der Waals surface area contributed by atoms with E-state index in [-0.39, 0.29) is 5.92 Å². The van der Waals surface area contributed by atoms with Crippen molar-refractivity contribution in [3.63, 3.8) is 0 Å². The lowest BCUT2D eigenvalue weighted by Gasteiger charge is -2.31. The van der Waals surface area contributed by atoms with Gasteiger partial charge in [0.15, 0.2) is 0 Å². The van der Waals surface area contributed by atoms with E-state index in [1.807, 2.05) is 0 Å². The summed E-state index contributed by atoms with van der Waals surface area (Å²) in [5.41, 5.74) is 2.81. The maximum atomic E-state index is 12.6. The van der Waals surface area contributed by atoms with E-state index < -0.39 is 0 Å². The van der Waals surface area contributed by atoms with Crippen molar-refractivity contribution in [2.24, 2.45) is 5.92 Å². The van der Waals surface area contributed by atoms with Crippen molar-refractivity contribution in [3.8, 4) is 0 Å². The molecular formula is C18H27N2O+. The van der Waals surface area contributed by atoms with Crippen LogP contribution in [0.1, 0.15) is 36.8 Å². The number of likely N-dealkylation sites (tertiary alicyclic amines) is 2. The van der Waals surface area contributed by atoms with Gasteiger partial charge in [0.2, 0.25) is 5.91 Å². The van der Waals surface area contributed by atoms with Gasteiger partial charge in [0, 0.05) is 18.7 Å². The molecule has 3 nitrogen and oxygen atoms in total. The molecular weight excluding hydrogens is 260 g/mol. The van der Waals surface area contributed by atoms with Crippen molar-refractivity contribution in [1.82, 2.24) is 4.90 Å². The van der Waals surface area contributed by atoms with Gasteiger partial charge in [0.1, 0.15) is 6.54 Å². The quantitative estimate of drug-likeness (QED) is 0.893. The average Bonchev–Trinajstić information content (AvgIpc) is 3.03. The van der Waals surface area contributed by atoms with Gasteiger partial charge in [-0.2, -0.15) is 0 Å². The highest BCUT2D eigenvalue weighted by molar-refractivity contribution is 5.79. The predicted octanol–water partition coefficient (Wildman–Crippen LogP) is 1.41. The molecule has 21 heavy (non-hydrogen) atoms. The minimum Gasteiger partial charge on any atom is -0.342 e. The monoisotopic (exact) mass is 287 g/mol. The molecule has 2 atom stereocenters. The molecule has 0 bridgehead atoms. The topological polar surface area (TPSA) is 24.8 Å². The fourth-order valence-corrected chi connectivity index (χ4v) is 3.80. The molecule has 0 aliphatic carbocycles. The molecule has 0 spiro atoms. The van der Waals surface area contributed by atoms with Crippen LogP contribution in [0, 0.1) is 12.8 Å². The van der Waals surface area contributed by atoms with Crippen LogP contribution >= 0.6 is 0 Å². The number of amides is 1. The fourth-order valence-electron chi connectivity index (χ4n) is 3.80. The Morgan fingerprint density at radius 3 is 2.76 bits per heavy atom. The van der Waals surface area contributed by atoms with Crippen LogP contribution in [0.5, 0.6) is 0 Å². The number of hydrogen-bond acceptors (Lipinski definition) is 1. The number of carbonyl (C=O) groups excluding carboxylic acids is 1. The van der Waals surface area contributed by atoms with Crippen LogP contribution < -0.4 is 4.90 Å². The zero-order valence-corrected chi connectivity index (χ0v) is 13.1. The van der Waals surface area contributed by atoms with Crippen molar-refractivity contribution in [2.75, 3.05) is 26.2 Å². The zero-order valence-electron chi connectivity index (χ0n) is 13.1. The Kier molecular flexibility index (Phi) is 4.59. The number of hydrogen-bond donors (Lipinski definition) is 1. The summed E-state index contributed by atoms with van der Waals surface area (Å²) < 4.78 is 0. The third kappa shape index (κ3) is 3.46. The van der Waals surface area contributed by atoms with E-state index in [1.165, 1.54) is 36.9 Å². The minimum atomic E-state index is 0.260. The Bertz CT molecular complexity index is 494. The van der Waals surface area contributed by atoms with Crippen LogP contribution in [0.2, 0.25) is 0 Å². The number of benzene rings is 1. The van der Waals surface area contributed by atoms with E-state index in [1.54, 1.807) is 4.90 Å². The van der Waals surface area contributed by atoms with Gasteiger partial charge in [-0.15, -0.1) is 0 Å². The Morgan fingerprint density at radius 1 is 1.24 bits per heavy atom. The lowest BCUT2D eigenvalue weighted by molar-refractivity contribution is -0.921. The molecule has 1 amide bonds. The summed E-state index contributed by atoms with van der Waals surface area (Å²) in [6.45, 7) is 7.45. The fraction of sp³-hybridized carbons (Fsp3) is 0.611. The van der Waals surface area contributed by atoms with Crippen LogP contribution in [-0.2, 0) is 11.3 Å². The number of nitrogens with one attached hydrogen (secondary N) is 1. The maximum absolute atomic E-state index is 12.6. The summed E-state index contributed by atoms with van der Waals surface area (Å²) >= 11 is 0. The SMILES string of the molecule is Cc1ccccc1C[NH+]1CCC[C@@H](C(=O)N2CCCC2)C1. The van der Waals surface area contributed by atoms with E-state index in [0.717, 1.165) is 32.6 Å². The second-order valence-electron chi connectivity index (χ2n) is 6.68. The lowest BCUT2D eigenvalue weighted by Crippen LogP contribution is -3.12. The number of carbonyl (C=O) groups is 1. The third-order valence-corrected chi connectivity index (χ3v) is 5.09. The first-order valence-corrected chi connectivity index (χ1v) is 8.41. The maximum Gasteiger partial charge on any atom is 0.231 e. The molecule has 1 N–H and O–H groups in total. The molecule has 0 saturated carbocycles. The highest BCUT2D eigenvalue weighted by Gasteiger charge is 2.32. The summed E-state index contributed by atoms with van der Waals surface area (Å²) in [7, 11) is 0. The van der Waals surface area contributed by atoms with Gasteiger partial charge in [-0.05, 0) is 38.2 Å². The summed E-state index contributed by atoms with van der Waals surface area (Å²) in [6, 6.07) is 8.64. The largest absolute Gasteiger partial charge is 0.342 e. The van der Waals surface area contributed by atoms with Crippen LogP contribution in [0.15, 0.2) is 24.3 Å². The van der Waals surface area contributed by atoms with Crippen LogP contribution in [-0.4, -0.2) is 37.0 Å². The smallest absolute Gasteiger partial charge is 0.231 e. The molecule has 2 saturated heterocycles. The van der Waals surface area contributed by atoms with Gasteiger partial charge in [-0.3, -0.25) is 4.79 Å². The van der Waals surface area contributed by atoms with Gasteiger partial charge in [-0.1, -0.05) is 24.3 Å². The number of aryl methyl sites for hydroxylation is 1. The summed E-state index contributed by atoms with van der Waals surface area (Å²) in [4.78, 5) is 16.3. The standard InChI is InChI=1S/C18H26N2O/c1-15-7-2-3-8-16(15)13-19-10-6-9-17(14-19)18(21)20-11-4-5-12-20/h2-3,7-8,17H,4-6,9-14H2,1H3/p+1/t17-/m1/s1. The van der Waals surface area contributed by atoms with Crippen molar-refractivity contribution in [3.05, 3.63) is 35.4 Å². The molecule has 1 unspecified atom stereocenters. The van der Waals surface area contributed by atoms with Gasteiger partial charge in [-0.25, -0.2) is 0 Å². The summed E-state index contributed by atoms with van der Waals surface area (Å²) in [6.07, 6.45) is 4.66. The third-order valence-electron chi connectivity index (χ3n) is 5.09. The first-order chi connectivity index (χ1) is 10.2. The molecule has 0 aromatic heterocycles. The second kappa shape index (κ2) is 6.61. The Morgan fingerprint density at radius 2 is 2.00 bits per heavy atom. The number of rotatable bonds is 3. The number of piperidine rings is 1. The molecule has 3 rings (SSSR count). The molecule has 0 radical (unpaired) electrons. The first kappa shape index (κ1) is 14.6.